The number of allylic oxidation sites excluding steroid dienone is 2. The molecule has 0 aliphatic carbocycles. The van der Waals surface area contributed by atoms with Crippen LogP contribution in [0.1, 0.15) is 12.5 Å². The van der Waals surface area contributed by atoms with Crippen molar-refractivity contribution in [2.75, 3.05) is 0 Å². The zero-order valence-electron chi connectivity index (χ0n) is 7.76. The Balaban J connectivity index is 2.87. The molecule has 0 spiro atoms. The number of benzene rings is 1. The molecule has 0 N–H and O–H groups in total. The lowest BCUT2D eigenvalue weighted by Gasteiger charge is -2.02. The summed E-state index contributed by atoms with van der Waals surface area (Å²) in [5, 5.41) is 0.949. The Morgan fingerprint density at radius 1 is 1.43 bits per heavy atom. The number of rotatable bonds is 3. The minimum Gasteiger partial charge on any atom is -0.294 e. The van der Waals surface area contributed by atoms with Gasteiger partial charge in [0.05, 0.1) is 10.0 Å². The van der Waals surface area contributed by atoms with Crippen molar-refractivity contribution in [3.05, 3.63) is 46.0 Å². The molecule has 3 heteroatoms. The maximum absolute atomic E-state index is 11.3. The van der Waals surface area contributed by atoms with Crippen LogP contribution in [0.25, 0.3) is 0 Å². The van der Waals surface area contributed by atoms with Crippen molar-refractivity contribution in [1.82, 2.24) is 0 Å². The molecule has 0 saturated carbocycles. The van der Waals surface area contributed by atoms with Crippen molar-refractivity contribution in [3.8, 4) is 0 Å². The fourth-order valence-corrected chi connectivity index (χ4v) is 1.50. The van der Waals surface area contributed by atoms with Gasteiger partial charge in [0.25, 0.3) is 0 Å². The summed E-state index contributed by atoms with van der Waals surface area (Å²) in [6, 6.07) is 5.29. The first-order chi connectivity index (χ1) is 6.65. The molecule has 0 radical (unpaired) electrons. The van der Waals surface area contributed by atoms with E-state index in [0.29, 0.717) is 16.5 Å². The lowest BCUT2D eigenvalue weighted by molar-refractivity contribution is -0.114. The van der Waals surface area contributed by atoms with Crippen LogP contribution in [0.5, 0.6) is 0 Å². The molecular formula is C11H10Cl2O. The number of halogens is 2. The fraction of sp³-hybridized carbons (Fsp3) is 0.182. The van der Waals surface area contributed by atoms with Crippen LogP contribution in [0.2, 0.25) is 10.0 Å². The van der Waals surface area contributed by atoms with Crippen LogP contribution in [0, 0.1) is 0 Å². The lowest BCUT2D eigenvalue weighted by Crippen LogP contribution is -1.98. The molecule has 0 aliphatic rings. The molecule has 1 rings (SSSR count). The predicted molar refractivity (Wildman–Crippen MR) is 60.0 cm³/mol. The van der Waals surface area contributed by atoms with Crippen LogP contribution < -0.4 is 0 Å². The molecule has 0 aromatic heterocycles. The first-order valence-electron chi connectivity index (χ1n) is 4.23. The molecule has 0 fully saturated rings. The minimum absolute atomic E-state index is 0.0247. The quantitative estimate of drug-likeness (QED) is 0.722. The molecule has 1 aromatic rings. The Morgan fingerprint density at radius 3 is 2.79 bits per heavy atom. The topological polar surface area (TPSA) is 17.1 Å². The number of carbonyl (C=O) groups excluding carboxylic acids is 1. The Hall–Kier alpha value is -0.790. The third-order valence-electron chi connectivity index (χ3n) is 1.75. The van der Waals surface area contributed by atoms with E-state index in [-0.39, 0.29) is 5.78 Å². The van der Waals surface area contributed by atoms with Crippen molar-refractivity contribution in [1.29, 1.82) is 0 Å². The standard InChI is InChI=1S/C11H10Cl2O/c1-2-4-9(14)7-8-5-3-6-10(12)11(8)13/h2-6H,7H2,1H3/b4-2+. The number of carbonyl (C=O) groups is 1. The smallest absolute Gasteiger partial charge is 0.159 e. The van der Waals surface area contributed by atoms with Crippen molar-refractivity contribution in [3.63, 3.8) is 0 Å². The molecule has 74 valence electrons. The summed E-state index contributed by atoms with van der Waals surface area (Å²) in [4.78, 5) is 11.3. The van der Waals surface area contributed by atoms with E-state index >= 15 is 0 Å². The van der Waals surface area contributed by atoms with Gasteiger partial charge in [-0.25, -0.2) is 0 Å². The second-order valence-corrected chi connectivity index (χ2v) is 3.64. The van der Waals surface area contributed by atoms with Gasteiger partial charge in [-0.1, -0.05) is 41.4 Å². The molecule has 0 unspecified atom stereocenters. The normalized spacial score (nSPS) is 10.8. The monoisotopic (exact) mass is 228 g/mol. The van der Waals surface area contributed by atoms with E-state index in [2.05, 4.69) is 0 Å². The Morgan fingerprint density at radius 2 is 2.14 bits per heavy atom. The van der Waals surface area contributed by atoms with Crippen molar-refractivity contribution < 1.29 is 4.79 Å². The van der Waals surface area contributed by atoms with E-state index in [0.717, 1.165) is 5.56 Å². The van der Waals surface area contributed by atoms with Crippen LogP contribution >= 0.6 is 23.2 Å². The van der Waals surface area contributed by atoms with Crippen LogP contribution in [0.15, 0.2) is 30.4 Å². The third-order valence-corrected chi connectivity index (χ3v) is 2.61. The number of ketones is 1. The molecule has 0 bridgehead atoms. The Labute approximate surface area is 93.3 Å². The molecule has 0 saturated heterocycles. The molecule has 1 aromatic carbocycles. The first-order valence-corrected chi connectivity index (χ1v) is 4.99. The highest BCUT2D eigenvalue weighted by Crippen LogP contribution is 2.25. The maximum atomic E-state index is 11.3. The minimum atomic E-state index is 0.0247. The van der Waals surface area contributed by atoms with Gasteiger partial charge in [-0.05, 0) is 24.6 Å². The highest BCUT2D eigenvalue weighted by Gasteiger charge is 2.06. The average molecular weight is 229 g/mol. The summed E-state index contributed by atoms with van der Waals surface area (Å²) in [7, 11) is 0. The molecule has 14 heavy (non-hydrogen) atoms. The van der Waals surface area contributed by atoms with Gasteiger partial charge in [-0.2, -0.15) is 0 Å². The number of hydrogen-bond donors (Lipinski definition) is 0. The van der Waals surface area contributed by atoms with E-state index in [9.17, 15) is 4.79 Å². The van der Waals surface area contributed by atoms with Crippen LogP contribution in [-0.2, 0) is 11.2 Å². The predicted octanol–water partition coefficient (Wildman–Crippen LogP) is 3.68. The maximum Gasteiger partial charge on any atom is 0.159 e. The van der Waals surface area contributed by atoms with E-state index in [1.54, 1.807) is 31.2 Å². The summed E-state index contributed by atoms with van der Waals surface area (Å²) < 4.78 is 0. The van der Waals surface area contributed by atoms with Gasteiger partial charge in [-0.15, -0.1) is 0 Å². The van der Waals surface area contributed by atoms with Crippen LogP contribution in [-0.4, -0.2) is 5.78 Å². The summed E-state index contributed by atoms with van der Waals surface area (Å²) in [5.74, 6) is 0.0247. The molecular weight excluding hydrogens is 219 g/mol. The highest BCUT2D eigenvalue weighted by molar-refractivity contribution is 6.42. The van der Waals surface area contributed by atoms with Crippen molar-refractivity contribution in [2.45, 2.75) is 13.3 Å². The van der Waals surface area contributed by atoms with Gasteiger partial charge < -0.3 is 0 Å². The van der Waals surface area contributed by atoms with Crippen molar-refractivity contribution >= 4 is 29.0 Å². The largest absolute Gasteiger partial charge is 0.294 e. The summed E-state index contributed by atoms with van der Waals surface area (Å²) >= 11 is 11.7. The second-order valence-electron chi connectivity index (χ2n) is 2.86. The Kier molecular flexibility index (Phi) is 4.18. The average Bonchev–Trinajstić information content (AvgIpc) is 2.13. The molecule has 0 amide bonds. The van der Waals surface area contributed by atoms with E-state index in [1.165, 1.54) is 6.08 Å². The third kappa shape index (κ3) is 2.86. The van der Waals surface area contributed by atoms with Crippen LogP contribution in [0.4, 0.5) is 0 Å². The first kappa shape index (κ1) is 11.3. The number of hydrogen-bond acceptors (Lipinski definition) is 1. The lowest BCUT2D eigenvalue weighted by atomic mass is 10.1. The summed E-state index contributed by atoms with van der Waals surface area (Å²) in [6.45, 7) is 1.80. The Bertz CT molecular complexity index is 370. The van der Waals surface area contributed by atoms with E-state index < -0.39 is 0 Å². The highest BCUT2D eigenvalue weighted by atomic mass is 35.5. The van der Waals surface area contributed by atoms with Gasteiger partial charge in [0, 0.05) is 6.42 Å². The fourth-order valence-electron chi connectivity index (χ4n) is 1.12. The van der Waals surface area contributed by atoms with Gasteiger partial charge in [0.2, 0.25) is 0 Å². The summed E-state index contributed by atoms with van der Waals surface area (Å²) in [5.41, 5.74) is 0.766. The van der Waals surface area contributed by atoms with Gasteiger partial charge in [0.15, 0.2) is 5.78 Å². The second kappa shape index (κ2) is 5.18. The zero-order valence-corrected chi connectivity index (χ0v) is 9.27. The van der Waals surface area contributed by atoms with Gasteiger partial charge in [-0.3, -0.25) is 4.79 Å². The summed E-state index contributed by atoms with van der Waals surface area (Å²) in [6.07, 6.45) is 3.53. The SMILES string of the molecule is C/C=C/C(=O)Cc1cccc(Cl)c1Cl. The molecule has 0 atom stereocenters. The van der Waals surface area contributed by atoms with E-state index in [4.69, 9.17) is 23.2 Å². The molecule has 0 aliphatic heterocycles. The zero-order chi connectivity index (χ0) is 10.6. The molecule has 0 heterocycles. The van der Waals surface area contributed by atoms with Crippen molar-refractivity contribution in [2.24, 2.45) is 0 Å². The van der Waals surface area contributed by atoms with Gasteiger partial charge >= 0.3 is 0 Å². The van der Waals surface area contributed by atoms with E-state index in [1.807, 2.05) is 0 Å². The van der Waals surface area contributed by atoms with Gasteiger partial charge in [0.1, 0.15) is 0 Å². The molecule has 1 nitrogen and oxygen atoms in total. The van der Waals surface area contributed by atoms with Crippen LogP contribution in [0.3, 0.4) is 0 Å².